The van der Waals surface area contributed by atoms with Gasteiger partial charge in [-0.25, -0.2) is 8.42 Å². The van der Waals surface area contributed by atoms with Crippen LogP contribution in [0.2, 0.25) is 5.02 Å². The lowest BCUT2D eigenvalue weighted by molar-refractivity contribution is -0.139. The first kappa shape index (κ1) is 15.9. The normalized spacial score (nSPS) is 13.2. The van der Waals surface area contributed by atoms with E-state index in [9.17, 15) is 13.2 Å². The first-order chi connectivity index (χ1) is 8.77. The van der Waals surface area contributed by atoms with Crippen molar-refractivity contribution >= 4 is 27.6 Å². The number of aliphatic hydroxyl groups excluding tert-OH is 1. The third kappa shape index (κ3) is 4.17. The van der Waals surface area contributed by atoms with E-state index < -0.39 is 28.6 Å². The topological polar surface area (TPSA) is 104 Å². The maximum Gasteiger partial charge on any atom is 0.321 e. The molecule has 0 saturated carbocycles. The van der Waals surface area contributed by atoms with Crippen LogP contribution in [0.25, 0.3) is 0 Å². The first-order valence-corrected chi connectivity index (χ1v) is 7.26. The highest BCUT2D eigenvalue weighted by Crippen LogP contribution is 2.22. The van der Waals surface area contributed by atoms with E-state index in [4.69, 9.17) is 21.8 Å². The molecule has 1 atom stereocenters. The summed E-state index contributed by atoms with van der Waals surface area (Å²) in [5.41, 5.74) is 0.786. The van der Waals surface area contributed by atoms with E-state index in [2.05, 4.69) is 0 Å². The Morgan fingerprint density at radius 2 is 2.11 bits per heavy atom. The maximum atomic E-state index is 12.0. The van der Waals surface area contributed by atoms with Crippen LogP contribution < -0.4 is 4.72 Å². The summed E-state index contributed by atoms with van der Waals surface area (Å²) >= 11 is 5.84. The molecule has 6 nitrogen and oxygen atoms in total. The first-order valence-electron chi connectivity index (χ1n) is 5.40. The second kappa shape index (κ2) is 6.33. The lowest BCUT2D eigenvalue weighted by atomic mass is 10.2. The lowest BCUT2D eigenvalue weighted by Gasteiger charge is -2.14. The number of carboxylic acids is 1. The fourth-order valence-electron chi connectivity index (χ4n) is 1.44. The Hall–Kier alpha value is -1.15. The zero-order valence-corrected chi connectivity index (χ0v) is 11.7. The number of aliphatic carboxylic acids is 1. The van der Waals surface area contributed by atoms with Crippen LogP contribution in [-0.4, -0.2) is 37.2 Å². The molecule has 106 valence electrons. The Balaban J connectivity index is 3.06. The quantitative estimate of drug-likeness (QED) is 0.720. The van der Waals surface area contributed by atoms with E-state index in [1.807, 2.05) is 4.72 Å². The fourth-order valence-corrected chi connectivity index (χ4v) is 3.26. The Morgan fingerprint density at radius 3 is 2.58 bits per heavy atom. The number of aryl methyl sites for hydroxylation is 1. The van der Waals surface area contributed by atoms with Crippen LogP contribution in [0.3, 0.4) is 0 Å². The summed E-state index contributed by atoms with van der Waals surface area (Å²) in [6, 6.07) is 2.94. The molecule has 0 radical (unpaired) electrons. The van der Waals surface area contributed by atoms with Crippen molar-refractivity contribution in [3.63, 3.8) is 0 Å². The van der Waals surface area contributed by atoms with Crippen LogP contribution in [0, 0.1) is 6.92 Å². The summed E-state index contributed by atoms with van der Waals surface area (Å²) < 4.78 is 26.0. The van der Waals surface area contributed by atoms with Crippen molar-refractivity contribution in [2.75, 3.05) is 6.61 Å². The predicted molar refractivity (Wildman–Crippen MR) is 69.6 cm³/mol. The van der Waals surface area contributed by atoms with Gasteiger partial charge in [-0.3, -0.25) is 4.79 Å². The minimum atomic E-state index is -4.05. The Kier molecular flexibility index (Phi) is 5.30. The smallest absolute Gasteiger partial charge is 0.321 e. The van der Waals surface area contributed by atoms with Gasteiger partial charge in [-0.1, -0.05) is 17.7 Å². The molecule has 0 bridgehead atoms. The van der Waals surface area contributed by atoms with Crippen LogP contribution >= 0.6 is 11.6 Å². The molecule has 19 heavy (non-hydrogen) atoms. The molecule has 0 aromatic heterocycles. The van der Waals surface area contributed by atoms with Gasteiger partial charge in [-0.05, 0) is 31.0 Å². The summed E-state index contributed by atoms with van der Waals surface area (Å²) in [7, 11) is -4.05. The van der Waals surface area contributed by atoms with Gasteiger partial charge < -0.3 is 10.2 Å². The summed E-state index contributed by atoms with van der Waals surface area (Å²) in [6.45, 7) is 1.31. The van der Waals surface area contributed by atoms with Crippen LogP contribution in [0.4, 0.5) is 0 Å². The Morgan fingerprint density at radius 1 is 1.47 bits per heavy atom. The number of carbonyl (C=O) groups is 1. The number of rotatable bonds is 6. The van der Waals surface area contributed by atoms with Gasteiger partial charge in [-0.2, -0.15) is 4.72 Å². The van der Waals surface area contributed by atoms with Crippen molar-refractivity contribution < 1.29 is 23.4 Å². The van der Waals surface area contributed by atoms with Gasteiger partial charge in [0.15, 0.2) is 0 Å². The highest BCUT2D eigenvalue weighted by Gasteiger charge is 2.26. The molecule has 1 aromatic carbocycles. The highest BCUT2D eigenvalue weighted by molar-refractivity contribution is 7.89. The number of aliphatic hydroxyl groups is 1. The standard InChI is InChI=1S/C11H14ClNO5S/c1-7-2-3-10(8(12)6-7)19(17,18)13-9(4-5-14)11(15)16/h2-3,6,9,13-14H,4-5H2,1H3,(H,15,16). The van der Waals surface area contributed by atoms with Crippen molar-refractivity contribution in [1.29, 1.82) is 0 Å². The van der Waals surface area contributed by atoms with Gasteiger partial charge >= 0.3 is 5.97 Å². The van der Waals surface area contributed by atoms with Gasteiger partial charge in [-0.15, -0.1) is 0 Å². The monoisotopic (exact) mass is 307 g/mol. The summed E-state index contributed by atoms with van der Waals surface area (Å²) in [6.07, 6.45) is -0.224. The Bertz CT molecular complexity index is 572. The van der Waals surface area contributed by atoms with E-state index in [0.29, 0.717) is 0 Å². The van der Waals surface area contributed by atoms with Crippen LogP contribution in [0.1, 0.15) is 12.0 Å². The second-order valence-corrected chi connectivity index (χ2v) is 6.05. The number of halogens is 1. The summed E-state index contributed by atoms with van der Waals surface area (Å²) in [4.78, 5) is 10.7. The van der Waals surface area contributed by atoms with Crippen LogP contribution in [-0.2, 0) is 14.8 Å². The molecule has 0 saturated heterocycles. The van der Waals surface area contributed by atoms with Gasteiger partial charge in [0.25, 0.3) is 0 Å². The molecule has 0 amide bonds. The lowest BCUT2D eigenvalue weighted by Crippen LogP contribution is -2.41. The third-order valence-corrected chi connectivity index (χ3v) is 4.34. The minimum Gasteiger partial charge on any atom is -0.480 e. The molecule has 0 aliphatic rings. The molecule has 8 heteroatoms. The van der Waals surface area contributed by atoms with E-state index in [1.54, 1.807) is 13.0 Å². The fraction of sp³-hybridized carbons (Fsp3) is 0.364. The molecule has 3 N–H and O–H groups in total. The van der Waals surface area contributed by atoms with Gasteiger partial charge in [0.2, 0.25) is 10.0 Å². The molecular formula is C11H14ClNO5S. The molecule has 1 rings (SSSR count). The number of hydrogen-bond acceptors (Lipinski definition) is 4. The average molecular weight is 308 g/mol. The van der Waals surface area contributed by atoms with Gasteiger partial charge in [0.1, 0.15) is 10.9 Å². The molecule has 0 fully saturated rings. The average Bonchev–Trinajstić information content (AvgIpc) is 2.27. The molecule has 0 spiro atoms. The Labute approximate surface area is 116 Å². The molecule has 0 heterocycles. The van der Waals surface area contributed by atoms with Gasteiger partial charge in [0, 0.05) is 6.61 Å². The van der Waals surface area contributed by atoms with E-state index >= 15 is 0 Å². The van der Waals surface area contributed by atoms with Crippen LogP contribution in [0.5, 0.6) is 0 Å². The SMILES string of the molecule is Cc1ccc(S(=O)(=O)NC(CCO)C(=O)O)c(Cl)c1. The van der Waals surface area contributed by atoms with Crippen molar-refractivity contribution in [2.24, 2.45) is 0 Å². The zero-order chi connectivity index (χ0) is 14.6. The maximum absolute atomic E-state index is 12.0. The van der Waals surface area contributed by atoms with E-state index in [0.717, 1.165) is 5.56 Å². The molecular weight excluding hydrogens is 294 g/mol. The summed E-state index contributed by atoms with van der Waals surface area (Å²) in [5.74, 6) is -1.36. The van der Waals surface area contributed by atoms with E-state index in [1.165, 1.54) is 12.1 Å². The summed E-state index contributed by atoms with van der Waals surface area (Å²) in [5, 5.41) is 17.6. The number of sulfonamides is 1. The van der Waals surface area contributed by atoms with Crippen molar-refractivity contribution in [1.82, 2.24) is 4.72 Å². The minimum absolute atomic E-state index is 0.0145. The third-order valence-electron chi connectivity index (χ3n) is 2.39. The van der Waals surface area contributed by atoms with Crippen molar-refractivity contribution in [2.45, 2.75) is 24.3 Å². The second-order valence-electron chi connectivity index (χ2n) is 3.96. The number of nitrogens with one attached hydrogen (secondary N) is 1. The predicted octanol–water partition coefficient (Wildman–Crippen LogP) is 0.762. The number of hydrogen-bond donors (Lipinski definition) is 3. The molecule has 0 aliphatic carbocycles. The van der Waals surface area contributed by atoms with Crippen molar-refractivity contribution in [3.8, 4) is 0 Å². The highest BCUT2D eigenvalue weighted by atomic mass is 35.5. The van der Waals surface area contributed by atoms with Crippen LogP contribution in [0.15, 0.2) is 23.1 Å². The molecule has 1 unspecified atom stereocenters. The largest absolute Gasteiger partial charge is 0.480 e. The zero-order valence-electron chi connectivity index (χ0n) is 10.1. The molecule has 1 aromatic rings. The number of benzene rings is 1. The number of carboxylic acid groups (broad SMARTS) is 1. The van der Waals surface area contributed by atoms with Crippen molar-refractivity contribution in [3.05, 3.63) is 28.8 Å². The van der Waals surface area contributed by atoms with Gasteiger partial charge in [0.05, 0.1) is 5.02 Å². The van der Waals surface area contributed by atoms with E-state index in [-0.39, 0.29) is 16.3 Å². The molecule has 0 aliphatic heterocycles.